The highest BCUT2D eigenvalue weighted by atomic mass is 16.2. The summed E-state index contributed by atoms with van der Waals surface area (Å²) in [4.78, 5) is 28.7. The first-order chi connectivity index (χ1) is 10.6. The van der Waals surface area contributed by atoms with Crippen LogP contribution in [-0.4, -0.2) is 24.4 Å². The van der Waals surface area contributed by atoms with Crippen molar-refractivity contribution >= 4 is 23.2 Å². The molecule has 1 aromatic carbocycles. The normalized spacial score (nSPS) is 22.4. The standard InChI is InChI=1S/C18H24N2O2/c1-13-12-19(18(22)15-8-4-3-5-9-15)16-10-6-7-11-17(16)20(13)14(2)21/h6-7,10-11,13,15H,3-5,8-9,12H2,1-2H3. The summed E-state index contributed by atoms with van der Waals surface area (Å²) in [5.74, 6) is 0.421. The minimum absolute atomic E-state index is 0.0138. The summed E-state index contributed by atoms with van der Waals surface area (Å²) in [5.41, 5.74) is 1.74. The molecule has 0 N–H and O–H groups in total. The number of fused-ring (bicyclic) bond motifs is 1. The molecule has 2 aliphatic rings. The molecule has 1 unspecified atom stereocenters. The molecule has 1 atom stereocenters. The van der Waals surface area contributed by atoms with Crippen LogP contribution in [0.1, 0.15) is 46.0 Å². The lowest BCUT2D eigenvalue weighted by Gasteiger charge is -2.42. The van der Waals surface area contributed by atoms with Gasteiger partial charge in [0.05, 0.1) is 17.4 Å². The highest BCUT2D eigenvalue weighted by Gasteiger charge is 2.35. The summed E-state index contributed by atoms with van der Waals surface area (Å²) in [6, 6.07) is 7.77. The van der Waals surface area contributed by atoms with E-state index in [0.717, 1.165) is 37.1 Å². The highest BCUT2D eigenvalue weighted by Crippen LogP contribution is 2.37. The van der Waals surface area contributed by atoms with Crippen molar-refractivity contribution in [3.8, 4) is 0 Å². The van der Waals surface area contributed by atoms with Gasteiger partial charge in [-0.3, -0.25) is 9.59 Å². The first-order valence-corrected chi connectivity index (χ1v) is 8.30. The van der Waals surface area contributed by atoms with Crippen molar-refractivity contribution in [2.75, 3.05) is 16.3 Å². The number of carbonyl (C=O) groups excluding carboxylic acids is 2. The lowest BCUT2D eigenvalue weighted by molar-refractivity contribution is -0.124. The predicted molar refractivity (Wildman–Crippen MR) is 88.0 cm³/mol. The average molecular weight is 300 g/mol. The Bertz CT molecular complexity index is 578. The summed E-state index contributed by atoms with van der Waals surface area (Å²) >= 11 is 0. The fraction of sp³-hybridized carbons (Fsp3) is 0.556. The van der Waals surface area contributed by atoms with E-state index >= 15 is 0 Å². The molecular formula is C18H24N2O2. The summed E-state index contributed by atoms with van der Waals surface area (Å²) in [7, 11) is 0. The Morgan fingerprint density at radius 3 is 2.32 bits per heavy atom. The van der Waals surface area contributed by atoms with Crippen molar-refractivity contribution in [2.24, 2.45) is 5.92 Å². The summed E-state index contributed by atoms with van der Waals surface area (Å²) in [6.45, 7) is 4.19. The van der Waals surface area contributed by atoms with Gasteiger partial charge in [-0.1, -0.05) is 31.4 Å². The molecule has 0 aromatic heterocycles. The quantitative estimate of drug-likeness (QED) is 0.798. The second-order valence-electron chi connectivity index (χ2n) is 6.51. The van der Waals surface area contributed by atoms with Crippen LogP contribution in [0.25, 0.3) is 0 Å². The third-order valence-electron chi connectivity index (χ3n) is 4.88. The molecule has 4 heteroatoms. The highest BCUT2D eigenvalue weighted by molar-refractivity contribution is 6.04. The van der Waals surface area contributed by atoms with Crippen molar-refractivity contribution in [3.63, 3.8) is 0 Å². The molecule has 1 aliphatic heterocycles. The molecule has 4 nitrogen and oxygen atoms in total. The van der Waals surface area contributed by atoms with Gasteiger partial charge in [0.25, 0.3) is 0 Å². The largest absolute Gasteiger partial charge is 0.308 e. The smallest absolute Gasteiger partial charge is 0.230 e. The van der Waals surface area contributed by atoms with E-state index in [1.165, 1.54) is 6.42 Å². The Morgan fingerprint density at radius 1 is 1.05 bits per heavy atom. The third kappa shape index (κ3) is 2.62. The maximum atomic E-state index is 13.0. The van der Waals surface area contributed by atoms with Gasteiger partial charge in [0.15, 0.2) is 0 Å². The van der Waals surface area contributed by atoms with E-state index < -0.39 is 0 Å². The molecule has 22 heavy (non-hydrogen) atoms. The summed E-state index contributed by atoms with van der Waals surface area (Å²) in [6.07, 6.45) is 5.56. The van der Waals surface area contributed by atoms with Crippen LogP contribution in [0.3, 0.4) is 0 Å². The molecule has 0 radical (unpaired) electrons. The fourth-order valence-corrected chi connectivity index (χ4v) is 3.84. The molecule has 1 aliphatic carbocycles. The molecule has 0 spiro atoms. The Kier molecular flexibility index (Phi) is 4.19. The number of anilines is 2. The Balaban J connectivity index is 1.94. The number of hydrogen-bond acceptors (Lipinski definition) is 2. The zero-order chi connectivity index (χ0) is 15.7. The molecule has 1 fully saturated rings. The van der Waals surface area contributed by atoms with Gasteiger partial charge in [-0.05, 0) is 31.9 Å². The van der Waals surface area contributed by atoms with Crippen LogP contribution in [0.5, 0.6) is 0 Å². The van der Waals surface area contributed by atoms with Crippen molar-refractivity contribution in [3.05, 3.63) is 24.3 Å². The first kappa shape index (κ1) is 15.1. The predicted octanol–water partition coefficient (Wildman–Crippen LogP) is 3.35. The zero-order valence-electron chi connectivity index (χ0n) is 13.4. The molecule has 2 amide bonds. The van der Waals surface area contributed by atoms with E-state index in [2.05, 4.69) is 0 Å². The van der Waals surface area contributed by atoms with E-state index in [9.17, 15) is 9.59 Å². The van der Waals surface area contributed by atoms with Gasteiger partial charge in [-0.15, -0.1) is 0 Å². The van der Waals surface area contributed by atoms with E-state index in [1.54, 1.807) is 11.8 Å². The maximum absolute atomic E-state index is 13.0. The Labute approximate surface area is 132 Å². The van der Waals surface area contributed by atoms with Gasteiger partial charge in [0.1, 0.15) is 0 Å². The number of benzene rings is 1. The second kappa shape index (κ2) is 6.11. The summed E-state index contributed by atoms with van der Waals surface area (Å²) < 4.78 is 0. The van der Waals surface area contributed by atoms with Gasteiger partial charge < -0.3 is 9.80 Å². The number of nitrogens with zero attached hydrogens (tertiary/aromatic N) is 2. The number of rotatable bonds is 1. The molecule has 1 heterocycles. The van der Waals surface area contributed by atoms with Crippen molar-refractivity contribution in [2.45, 2.75) is 52.0 Å². The number of amides is 2. The molecular weight excluding hydrogens is 276 g/mol. The van der Waals surface area contributed by atoms with Crippen LogP contribution in [0.15, 0.2) is 24.3 Å². The van der Waals surface area contributed by atoms with Crippen molar-refractivity contribution in [1.29, 1.82) is 0 Å². The Morgan fingerprint density at radius 2 is 1.68 bits per heavy atom. The number of carbonyl (C=O) groups is 2. The number of hydrogen-bond donors (Lipinski definition) is 0. The van der Waals surface area contributed by atoms with Crippen LogP contribution < -0.4 is 9.80 Å². The van der Waals surface area contributed by atoms with Crippen molar-refractivity contribution in [1.82, 2.24) is 0 Å². The molecule has 0 saturated heterocycles. The minimum Gasteiger partial charge on any atom is -0.308 e. The summed E-state index contributed by atoms with van der Waals surface area (Å²) in [5, 5.41) is 0. The van der Waals surface area contributed by atoms with Crippen LogP contribution in [0, 0.1) is 5.92 Å². The second-order valence-corrected chi connectivity index (χ2v) is 6.51. The molecule has 1 saturated carbocycles. The van der Waals surface area contributed by atoms with Gasteiger partial charge >= 0.3 is 0 Å². The topological polar surface area (TPSA) is 40.6 Å². The Hall–Kier alpha value is -1.84. The lowest BCUT2D eigenvalue weighted by atomic mass is 9.87. The average Bonchev–Trinajstić information content (AvgIpc) is 2.53. The van der Waals surface area contributed by atoms with E-state index in [1.807, 2.05) is 36.1 Å². The minimum atomic E-state index is 0.0138. The van der Waals surface area contributed by atoms with Gasteiger partial charge in [0, 0.05) is 19.4 Å². The molecule has 3 rings (SSSR count). The number of para-hydroxylation sites is 2. The van der Waals surface area contributed by atoms with E-state index in [-0.39, 0.29) is 23.8 Å². The monoisotopic (exact) mass is 300 g/mol. The molecule has 1 aromatic rings. The van der Waals surface area contributed by atoms with Crippen molar-refractivity contribution < 1.29 is 9.59 Å². The maximum Gasteiger partial charge on any atom is 0.230 e. The first-order valence-electron chi connectivity index (χ1n) is 8.30. The van der Waals surface area contributed by atoms with Crippen LogP contribution in [0.2, 0.25) is 0 Å². The third-order valence-corrected chi connectivity index (χ3v) is 4.88. The van der Waals surface area contributed by atoms with Gasteiger partial charge in [-0.25, -0.2) is 0 Å². The van der Waals surface area contributed by atoms with E-state index in [4.69, 9.17) is 0 Å². The van der Waals surface area contributed by atoms with Gasteiger partial charge in [-0.2, -0.15) is 0 Å². The molecule has 118 valence electrons. The SMILES string of the molecule is CC(=O)N1c2ccccc2N(C(=O)C2CCCCC2)CC1C. The van der Waals surface area contributed by atoms with E-state index in [0.29, 0.717) is 6.54 Å². The molecule has 0 bridgehead atoms. The lowest BCUT2D eigenvalue weighted by Crippen LogP contribution is -2.52. The zero-order valence-corrected chi connectivity index (χ0v) is 13.4. The van der Waals surface area contributed by atoms with Gasteiger partial charge in [0.2, 0.25) is 11.8 Å². The van der Waals surface area contributed by atoms with Crippen LogP contribution >= 0.6 is 0 Å². The van der Waals surface area contributed by atoms with Crippen LogP contribution in [0.4, 0.5) is 11.4 Å². The fourth-order valence-electron chi connectivity index (χ4n) is 3.84. The van der Waals surface area contributed by atoms with Crippen LogP contribution in [-0.2, 0) is 9.59 Å².